The van der Waals surface area contributed by atoms with Gasteiger partial charge < -0.3 is 5.11 Å². The molecule has 0 saturated heterocycles. The minimum atomic E-state index is 0.268. The Morgan fingerprint density at radius 3 is 2.88 bits per heavy atom. The minimum Gasteiger partial charge on any atom is -0.396 e. The van der Waals surface area contributed by atoms with Crippen LogP contribution < -0.4 is 0 Å². The van der Waals surface area contributed by atoms with Crippen LogP contribution in [-0.2, 0) is 7.05 Å². The average molecular weight is 345 g/mol. The number of aromatic nitrogens is 4. The van der Waals surface area contributed by atoms with Gasteiger partial charge in [-0.05, 0) is 48.8 Å². The molecule has 2 heterocycles. The van der Waals surface area contributed by atoms with Gasteiger partial charge in [-0.15, -0.1) is 0 Å². The lowest BCUT2D eigenvalue weighted by Gasteiger charge is -2.28. The largest absolute Gasteiger partial charge is 0.396 e. The molecule has 2 aromatic heterocycles. The van der Waals surface area contributed by atoms with E-state index in [0.717, 1.165) is 47.3 Å². The van der Waals surface area contributed by atoms with Crippen molar-refractivity contribution in [3.8, 4) is 5.69 Å². The number of aliphatic hydroxyl groups excluding tert-OH is 1. The van der Waals surface area contributed by atoms with Crippen molar-refractivity contribution in [2.24, 2.45) is 13.0 Å². The van der Waals surface area contributed by atoms with Crippen molar-refractivity contribution in [1.29, 1.82) is 0 Å². The van der Waals surface area contributed by atoms with Crippen molar-refractivity contribution in [2.75, 3.05) is 6.61 Å². The molecule has 1 aliphatic rings. The van der Waals surface area contributed by atoms with Crippen LogP contribution in [0.3, 0.4) is 0 Å². The summed E-state index contributed by atoms with van der Waals surface area (Å²) in [5, 5.41) is 20.1. The predicted molar refractivity (Wildman–Crippen MR) is 94.6 cm³/mol. The van der Waals surface area contributed by atoms with E-state index in [1.165, 1.54) is 5.56 Å². The van der Waals surface area contributed by atoms with E-state index in [0.29, 0.717) is 11.8 Å². The van der Waals surface area contributed by atoms with E-state index in [4.69, 9.17) is 11.6 Å². The third-order valence-electron chi connectivity index (χ3n) is 5.10. The smallest absolute Gasteiger partial charge is 0.103 e. The Labute approximate surface area is 145 Å². The fourth-order valence-corrected chi connectivity index (χ4v) is 4.16. The van der Waals surface area contributed by atoms with E-state index in [1.54, 1.807) is 4.68 Å². The number of aryl methyl sites for hydroxylation is 1. The summed E-state index contributed by atoms with van der Waals surface area (Å²) in [5.74, 6) is 0.795. The van der Waals surface area contributed by atoms with Crippen molar-refractivity contribution >= 4 is 22.5 Å². The van der Waals surface area contributed by atoms with Gasteiger partial charge in [-0.3, -0.25) is 4.68 Å². The van der Waals surface area contributed by atoms with E-state index in [2.05, 4.69) is 16.3 Å². The normalized spacial score (nSPS) is 21.5. The van der Waals surface area contributed by atoms with Crippen molar-refractivity contribution < 1.29 is 5.11 Å². The van der Waals surface area contributed by atoms with Gasteiger partial charge in [0.15, 0.2) is 0 Å². The first-order valence-corrected chi connectivity index (χ1v) is 8.80. The molecule has 1 N–H and O–H groups in total. The van der Waals surface area contributed by atoms with Crippen LogP contribution in [0.1, 0.15) is 37.2 Å². The number of hydrogen-bond donors (Lipinski definition) is 1. The summed E-state index contributed by atoms with van der Waals surface area (Å²) in [4.78, 5) is 0. The van der Waals surface area contributed by atoms with Crippen LogP contribution in [0.25, 0.3) is 16.6 Å². The zero-order valence-corrected chi connectivity index (χ0v) is 14.4. The molecule has 126 valence electrons. The van der Waals surface area contributed by atoms with Crippen LogP contribution in [0, 0.1) is 5.92 Å². The Morgan fingerprint density at radius 1 is 1.25 bits per heavy atom. The van der Waals surface area contributed by atoms with Crippen molar-refractivity contribution in [1.82, 2.24) is 19.6 Å². The Hall–Kier alpha value is -1.85. The first kappa shape index (κ1) is 15.7. The Bertz CT molecular complexity index is 869. The van der Waals surface area contributed by atoms with Gasteiger partial charge in [0.2, 0.25) is 0 Å². The highest BCUT2D eigenvalue weighted by Gasteiger charge is 2.25. The maximum absolute atomic E-state index is 9.50. The van der Waals surface area contributed by atoms with Gasteiger partial charge >= 0.3 is 0 Å². The van der Waals surface area contributed by atoms with Gasteiger partial charge in [0, 0.05) is 24.1 Å². The quantitative estimate of drug-likeness (QED) is 0.788. The van der Waals surface area contributed by atoms with Crippen LogP contribution in [0.4, 0.5) is 0 Å². The van der Waals surface area contributed by atoms with Gasteiger partial charge in [0.05, 0.1) is 24.1 Å². The molecule has 0 amide bonds. The standard InChI is InChI=1S/C18H21ClN4O/c1-22-10-15(9-20-22)23-18-7-16(17(19)6-14(18)8-21-23)13-4-2-3-12(5-13)11-24/h6-10,12-13,24H,2-5,11H2,1H3. The molecule has 0 aliphatic heterocycles. The first-order chi connectivity index (χ1) is 11.7. The highest BCUT2D eigenvalue weighted by Crippen LogP contribution is 2.40. The van der Waals surface area contributed by atoms with E-state index < -0.39 is 0 Å². The maximum atomic E-state index is 9.50. The molecule has 1 aliphatic carbocycles. The van der Waals surface area contributed by atoms with Crippen LogP contribution in [0.5, 0.6) is 0 Å². The molecule has 1 fully saturated rings. The number of fused-ring (bicyclic) bond motifs is 1. The summed E-state index contributed by atoms with van der Waals surface area (Å²) in [6, 6.07) is 4.18. The zero-order chi connectivity index (χ0) is 16.7. The molecule has 2 unspecified atom stereocenters. The summed E-state index contributed by atoms with van der Waals surface area (Å²) in [7, 11) is 1.90. The van der Waals surface area contributed by atoms with Crippen molar-refractivity contribution in [3.63, 3.8) is 0 Å². The van der Waals surface area contributed by atoms with Gasteiger partial charge in [-0.1, -0.05) is 18.0 Å². The maximum Gasteiger partial charge on any atom is 0.103 e. The monoisotopic (exact) mass is 344 g/mol. The lowest BCUT2D eigenvalue weighted by molar-refractivity contribution is 0.180. The number of nitrogens with zero attached hydrogens (tertiary/aromatic N) is 4. The fourth-order valence-electron chi connectivity index (χ4n) is 3.84. The molecule has 4 rings (SSSR count). The Kier molecular flexibility index (Phi) is 4.06. The fraction of sp³-hybridized carbons (Fsp3) is 0.444. The summed E-state index contributed by atoms with van der Waals surface area (Å²) < 4.78 is 3.68. The second kappa shape index (κ2) is 6.22. The number of rotatable bonds is 3. The summed E-state index contributed by atoms with van der Waals surface area (Å²) in [6.45, 7) is 0.268. The molecule has 1 saturated carbocycles. The molecule has 0 bridgehead atoms. The number of halogens is 1. The van der Waals surface area contributed by atoms with Gasteiger partial charge in [-0.25, -0.2) is 4.68 Å². The highest BCUT2D eigenvalue weighted by atomic mass is 35.5. The van der Waals surface area contributed by atoms with E-state index >= 15 is 0 Å². The Morgan fingerprint density at radius 2 is 2.12 bits per heavy atom. The summed E-state index contributed by atoms with van der Waals surface area (Å²) >= 11 is 6.57. The van der Waals surface area contributed by atoms with Crippen LogP contribution in [-0.4, -0.2) is 31.3 Å². The predicted octanol–water partition coefficient (Wildman–Crippen LogP) is 3.68. The topological polar surface area (TPSA) is 55.9 Å². The number of benzene rings is 1. The second-order valence-electron chi connectivity index (χ2n) is 6.77. The average Bonchev–Trinajstić information content (AvgIpc) is 3.19. The molecule has 0 radical (unpaired) electrons. The molecule has 1 aromatic carbocycles. The van der Waals surface area contributed by atoms with E-state index in [9.17, 15) is 5.11 Å². The lowest BCUT2D eigenvalue weighted by atomic mass is 9.78. The molecule has 2 atom stereocenters. The van der Waals surface area contributed by atoms with Gasteiger partial charge in [0.1, 0.15) is 5.69 Å². The molecule has 6 heteroatoms. The molecule has 24 heavy (non-hydrogen) atoms. The highest BCUT2D eigenvalue weighted by molar-refractivity contribution is 6.32. The van der Waals surface area contributed by atoms with E-state index in [1.807, 2.05) is 36.4 Å². The van der Waals surface area contributed by atoms with Crippen LogP contribution in [0.15, 0.2) is 30.7 Å². The molecular formula is C18H21ClN4O. The van der Waals surface area contributed by atoms with Crippen molar-refractivity contribution in [2.45, 2.75) is 31.6 Å². The van der Waals surface area contributed by atoms with E-state index in [-0.39, 0.29) is 6.61 Å². The first-order valence-electron chi connectivity index (χ1n) is 8.42. The number of hydrogen-bond acceptors (Lipinski definition) is 3. The summed E-state index contributed by atoms with van der Waals surface area (Å²) in [6.07, 6.45) is 9.99. The molecule has 3 aromatic rings. The Balaban J connectivity index is 1.77. The SMILES string of the molecule is Cn1cc(-n2ncc3cc(Cl)c(C4CCCC(CO)C4)cc32)cn1. The second-order valence-corrected chi connectivity index (χ2v) is 7.18. The lowest BCUT2D eigenvalue weighted by Crippen LogP contribution is -2.17. The van der Waals surface area contributed by atoms with Crippen molar-refractivity contribution in [3.05, 3.63) is 41.3 Å². The van der Waals surface area contributed by atoms with Gasteiger partial charge in [0.25, 0.3) is 0 Å². The van der Waals surface area contributed by atoms with Gasteiger partial charge in [-0.2, -0.15) is 10.2 Å². The van der Waals surface area contributed by atoms with Crippen LogP contribution in [0.2, 0.25) is 5.02 Å². The number of aliphatic hydroxyl groups is 1. The molecular weight excluding hydrogens is 324 g/mol. The summed E-state index contributed by atoms with van der Waals surface area (Å²) in [5.41, 5.74) is 3.17. The zero-order valence-electron chi connectivity index (χ0n) is 13.7. The molecule has 5 nitrogen and oxygen atoms in total. The minimum absolute atomic E-state index is 0.268. The third-order valence-corrected chi connectivity index (χ3v) is 5.43. The third kappa shape index (κ3) is 2.72. The van der Waals surface area contributed by atoms with Crippen LogP contribution >= 0.6 is 11.6 Å². The molecule has 0 spiro atoms.